The zero-order valence-corrected chi connectivity index (χ0v) is 18.1. The van der Waals surface area contributed by atoms with Crippen LogP contribution in [-0.2, 0) is 21.4 Å². The summed E-state index contributed by atoms with van der Waals surface area (Å²) in [5, 5.41) is 3.50. The number of nitrogens with zero attached hydrogens (tertiary/aromatic N) is 1. The van der Waals surface area contributed by atoms with E-state index in [1.807, 2.05) is 25.1 Å². The molecule has 0 bridgehead atoms. The molecule has 2 aromatic carbocycles. The summed E-state index contributed by atoms with van der Waals surface area (Å²) in [6, 6.07) is 11.6. The number of nitrogens with one attached hydrogen (secondary N) is 1. The van der Waals surface area contributed by atoms with Crippen LogP contribution in [0.25, 0.3) is 11.0 Å². The van der Waals surface area contributed by atoms with E-state index < -0.39 is 15.9 Å². The maximum atomic E-state index is 13.1. The van der Waals surface area contributed by atoms with Gasteiger partial charge in [0.25, 0.3) is 5.91 Å². The lowest BCUT2D eigenvalue weighted by Gasteiger charge is -2.15. The van der Waals surface area contributed by atoms with Gasteiger partial charge in [0.05, 0.1) is 24.3 Å². The minimum atomic E-state index is -3.68. The van der Waals surface area contributed by atoms with Crippen LogP contribution < -0.4 is 10.1 Å². The minimum Gasteiger partial charge on any atom is -0.495 e. The molecule has 1 amide bonds. The molecule has 30 heavy (non-hydrogen) atoms. The first-order valence-corrected chi connectivity index (χ1v) is 10.7. The fourth-order valence-electron chi connectivity index (χ4n) is 2.96. The van der Waals surface area contributed by atoms with Gasteiger partial charge < -0.3 is 19.2 Å². The Bertz CT molecular complexity index is 1170. The van der Waals surface area contributed by atoms with Crippen molar-refractivity contribution in [1.29, 1.82) is 0 Å². The maximum absolute atomic E-state index is 13.1. The largest absolute Gasteiger partial charge is 0.495 e. The van der Waals surface area contributed by atoms with Crippen molar-refractivity contribution in [3.05, 3.63) is 53.8 Å². The molecule has 1 heterocycles. The molecule has 0 unspecified atom stereocenters. The summed E-state index contributed by atoms with van der Waals surface area (Å²) in [4.78, 5) is 13.1. The number of methoxy groups -OCH3 is 1. The molecule has 3 aromatic rings. The number of hydrogen-bond acceptors (Lipinski definition) is 6. The molecule has 8 nitrogen and oxygen atoms in total. The van der Waals surface area contributed by atoms with E-state index in [1.165, 1.54) is 39.4 Å². The molecule has 9 heteroatoms. The Labute approximate surface area is 175 Å². The van der Waals surface area contributed by atoms with Crippen molar-refractivity contribution in [2.24, 2.45) is 0 Å². The fraction of sp³-hybridized carbons (Fsp3) is 0.286. The van der Waals surface area contributed by atoms with E-state index in [2.05, 4.69) is 5.32 Å². The molecular weight excluding hydrogens is 408 g/mol. The summed E-state index contributed by atoms with van der Waals surface area (Å²) in [6.07, 6.45) is 0. The monoisotopic (exact) mass is 432 g/mol. The molecule has 0 saturated carbocycles. The molecule has 0 aliphatic carbocycles. The van der Waals surface area contributed by atoms with E-state index in [1.54, 1.807) is 6.07 Å². The van der Waals surface area contributed by atoms with Crippen LogP contribution in [-0.4, -0.2) is 46.4 Å². The number of hydrogen-bond donors (Lipinski definition) is 1. The van der Waals surface area contributed by atoms with E-state index in [9.17, 15) is 13.2 Å². The Balaban J connectivity index is 2.02. The van der Waals surface area contributed by atoms with Crippen LogP contribution in [0.15, 0.2) is 51.8 Å². The van der Waals surface area contributed by atoms with Gasteiger partial charge in [-0.05, 0) is 31.2 Å². The number of furan rings is 1. The Morgan fingerprint density at radius 1 is 1.17 bits per heavy atom. The molecule has 1 N–H and O–H groups in total. The lowest BCUT2D eigenvalue weighted by molar-refractivity contribution is 0.0984. The summed E-state index contributed by atoms with van der Waals surface area (Å²) in [6.45, 7) is 2.56. The predicted octanol–water partition coefficient (Wildman–Crippen LogP) is 3.48. The van der Waals surface area contributed by atoms with Crippen molar-refractivity contribution in [3.8, 4) is 5.75 Å². The van der Waals surface area contributed by atoms with Gasteiger partial charge in [-0.2, -0.15) is 0 Å². The molecule has 160 valence electrons. The molecule has 3 rings (SSSR count). The highest BCUT2D eigenvalue weighted by molar-refractivity contribution is 7.89. The number of carbonyl (C=O) groups excluding carboxylic acids is 1. The van der Waals surface area contributed by atoms with Crippen LogP contribution in [0.2, 0.25) is 0 Å². The summed E-state index contributed by atoms with van der Waals surface area (Å²) >= 11 is 0. The van der Waals surface area contributed by atoms with E-state index in [0.29, 0.717) is 23.5 Å². The molecular formula is C21H24N2O6S. The fourth-order valence-corrected chi connectivity index (χ4v) is 3.89. The first-order chi connectivity index (χ1) is 14.3. The van der Waals surface area contributed by atoms with E-state index in [4.69, 9.17) is 13.9 Å². The summed E-state index contributed by atoms with van der Waals surface area (Å²) < 4.78 is 42.6. The minimum absolute atomic E-state index is 0.0303. The van der Waals surface area contributed by atoms with Crippen molar-refractivity contribution in [2.75, 3.05) is 33.1 Å². The van der Waals surface area contributed by atoms with Crippen molar-refractivity contribution in [3.63, 3.8) is 0 Å². The molecule has 0 atom stereocenters. The van der Waals surface area contributed by atoms with Crippen molar-refractivity contribution >= 4 is 32.6 Å². The van der Waals surface area contributed by atoms with Crippen LogP contribution in [0.5, 0.6) is 5.75 Å². The van der Waals surface area contributed by atoms with Gasteiger partial charge in [0.15, 0.2) is 5.76 Å². The number of sulfonamides is 1. The number of fused-ring (bicyclic) bond motifs is 1. The van der Waals surface area contributed by atoms with Gasteiger partial charge in [-0.3, -0.25) is 4.79 Å². The molecule has 0 aliphatic rings. The number of benzene rings is 2. The third kappa shape index (κ3) is 4.18. The van der Waals surface area contributed by atoms with Gasteiger partial charge in [0.1, 0.15) is 11.3 Å². The molecule has 0 aliphatic heterocycles. The third-order valence-electron chi connectivity index (χ3n) is 4.55. The highest BCUT2D eigenvalue weighted by Crippen LogP contribution is 2.31. The summed E-state index contributed by atoms with van der Waals surface area (Å²) in [5.41, 5.74) is 1.41. The van der Waals surface area contributed by atoms with Crippen molar-refractivity contribution in [2.45, 2.75) is 18.4 Å². The maximum Gasteiger partial charge on any atom is 0.291 e. The molecule has 0 saturated heterocycles. The number of amides is 1. The molecule has 0 fully saturated rings. The topological polar surface area (TPSA) is 98.1 Å². The first kappa shape index (κ1) is 21.8. The SMILES string of the molecule is CCOCc1c(C(=O)Nc2cc(S(=O)(=O)N(C)C)ccc2OC)oc2ccccc12. The molecule has 0 radical (unpaired) electrons. The Morgan fingerprint density at radius 2 is 1.90 bits per heavy atom. The van der Waals surface area contributed by atoms with Gasteiger partial charge in [0.2, 0.25) is 10.0 Å². The average Bonchev–Trinajstić information content (AvgIpc) is 3.10. The number of rotatable bonds is 8. The second kappa shape index (κ2) is 8.86. The lowest BCUT2D eigenvalue weighted by atomic mass is 10.1. The van der Waals surface area contributed by atoms with Gasteiger partial charge in [-0.15, -0.1) is 0 Å². The van der Waals surface area contributed by atoms with Crippen LogP contribution >= 0.6 is 0 Å². The normalized spacial score (nSPS) is 11.8. The zero-order valence-electron chi connectivity index (χ0n) is 17.3. The predicted molar refractivity (Wildman–Crippen MR) is 113 cm³/mol. The summed E-state index contributed by atoms with van der Waals surface area (Å²) in [7, 11) is 0.628. The van der Waals surface area contributed by atoms with E-state index >= 15 is 0 Å². The first-order valence-electron chi connectivity index (χ1n) is 9.29. The Kier molecular flexibility index (Phi) is 6.45. The van der Waals surface area contributed by atoms with Crippen LogP contribution in [0.4, 0.5) is 5.69 Å². The molecule has 1 aromatic heterocycles. The highest BCUT2D eigenvalue weighted by atomic mass is 32.2. The number of carbonyl (C=O) groups is 1. The molecule has 0 spiro atoms. The average molecular weight is 432 g/mol. The van der Waals surface area contributed by atoms with Gasteiger partial charge in [0, 0.05) is 31.7 Å². The zero-order chi connectivity index (χ0) is 21.9. The van der Waals surface area contributed by atoms with Crippen LogP contribution in [0, 0.1) is 0 Å². The van der Waals surface area contributed by atoms with Crippen molar-refractivity contribution < 1.29 is 27.1 Å². The Morgan fingerprint density at radius 3 is 2.57 bits per heavy atom. The lowest BCUT2D eigenvalue weighted by Crippen LogP contribution is -2.22. The van der Waals surface area contributed by atoms with E-state index in [0.717, 1.165) is 9.69 Å². The summed E-state index contributed by atoms with van der Waals surface area (Å²) in [5.74, 6) is -0.102. The second-order valence-electron chi connectivity index (χ2n) is 6.65. The number of ether oxygens (including phenoxy) is 2. The van der Waals surface area contributed by atoms with E-state index in [-0.39, 0.29) is 22.9 Å². The quantitative estimate of drug-likeness (QED) is 0.585. The van der Waals surface area contributed by atoms with Gasteiger partial charge in [-0.25, -0.2) is 12.7 Å². The standard InChI is InChI=1S/C21H24N2O6S/c1-5-28-13-16-15-8-6-7-9-18(15)29-20(16)21(24)22-17-12-14(10-11-19(17)27-4)30(25,26)23(2)3/h6-12H,5,13H2,1-4H3,(H,22,24). The van der Waals surface area contributed by atoms with Crippen molar-refractivity contribution in [1.82, 2.24) is 4.31 Å². The second-order valence-corrected chi connectivity index (χ2v) is 8.80. The Hall–Kier alpha value is -2.88. The smallest absolute Gasteiger partial charge is 0.291 e. The number of anilines is 1. The van der Waals surface area contributed by atoms with Gasteiger partial charge in [-0.1, -0.05) is 18.2 Å². The van der Waals surface area contributed by atoms with Gasteiger partial charge >= 0.3 is 0 Å². The third-order valence-corrected chi connectivity index (χ3v) is 6.36. The van der Waals surface area contributed by atoms with Crippen LogP contribution in [0.3, 0.4) is 0 Å². The highest BCUT2D eigenvalue weighted by Gasteiger charge is 2.24. The van der Waals surface area contributed by atoms with Crippen LogP contribution in [0.1, 0.15) is 23.0 Å². The number of para-hydroxylation sites is 1.